The Hall–Kier alpha value is -1.54. The molecule has 116 valence electrons. The molecule has 4 rings (SSSR count). The van der Waals surface area contributed by atoms with Crippen LogP contribution in [0.3, 0.4) is 0 Å². The van der Waals surface area contributed by atoms with Crippen LogP contribution in [0, 0.1) is 33.5 Å². The summed E-state index contributed by atoms with van der Waals surface area (Å²) >= 11 is 4.95. The lowest BCUT2D eigenvalue weighted by atomic mass is 9.85. The molecule has 0 bridgehead atoms. The molecule has 1 aromatic rings. The second kappa shape index (κ2) is 4.30. The third-order valence-corrected chi connectivity index (χ3v) is 7.48. The zero-order valence-electron chi connectivity index (χ0n) is 12.4. The monoisotopic (exact) mass is 389 g/mol. The lowest BCUT2D eigenvalue weighted by molar-refractivity contribution is -0.584. The first-order valence-corrected chi connectivity index (χ1v) is 9.01. The Balaban J connectivity index is 2.00. The lowest BCUT2D eigenvalue weighted by Gasteiger charge is -2.27. The Morgan fingerprint density at radius 3 is 2.52 bits per heavy atom. The number of amidine groups is 1. The molecule has 3 aliphatic rings. The normalized spacial score (nSPS) is 43.6. The molecule has 0 unspecified atom stereocenters. The molecule has 7 heteroatoms. The molecule has 3 N–H and O–H groups in total. The molecule has 23 heavy (non-hydrogen) atoms. The van der Waals surface area contributed by atoms with E-state index in [1.54, 1.807) is 0 Å². The third kappa shape index (κ3) is 1.26. The number of benzene rings is 1. The molecular weight excluding hydrogens is 376 g/mol. The predicted molar refractivity (Wildman–Crippen MR) is 88.9 cm³/mol. The quantitative estimate of drug-likeness (QED) is 0.733. The highest BCUT2D eigenvalue weighted by atomic mass is 79.9. The summed E-state index contributed by atoms with van der Waals surface area (Å²) in [5.74, 6) is 1.10. The fourth-order valence-corrected chi connectivity index (χ4v) is 6.26. The molecular formula is C16H14BrN4OS+. The van der Waals surface area contributed by atoms with Gasteiger partial charge in [0.05, 0.1) is 24.2 Å². The third-order valence-electron chi connectivity index (χ3n) is 5.65. The van der Waals surface area contributed by atoms with Crippen molar-refractivity contribution in [2.45, 2.75) is 17.4 Å². The highest BCUT2D eigenvalue weighted by Gasteiger charge is 3.02. The first-order valence-electron chi connectivity index (χ1n) is 7.23. The van der Waals surface area contributed by atoms with Crippen LogP contribution in [0.4, 0.5) is 0 Å². The van der Waals surface area contributed by atoms with Gasteiger partial charge in [0.25, 0.3) is 10.9 Å². The Morgan fingerprint density at radius 2 is 2.00 bits per heavy atom. The van der Waals surface area contributed by atoms with Crippen LogP contribution in [0.25, 0.3) is 0 Å². The van der Waals surface area contributed by atoms with Crippen molar-refractivity contribution < 1.29 is 9.73 Å². The number of nitrogens with zero attached hydrogens (tertiary/aromatic N) is 2. The SMILES string of the molecule is C[C@]1(c2ccc(Br)cc2)[C@]2(C#N)C(N)=[NH+][C@@]3(OCCS3)[C@@]21C#N. The molecule has 0 aromatic heterocycles. The average molecular weight is 390 g/mol. The lowest BCUT2D eigenvalue weighted by Crippen LogP contribution is -2.88. The molecule has 1 aromatic carbocycles. The summed E-state index contributed by atoms with van der Waals surface area (Å²) in [6.45, 7) is 2.48. The topological polar surface area (TPSA) is 96.8 Å². The summed E-state index contributed by atoms with van der Waals surface area (Å²) in [6.07, 6.45) is 0. The van der Waals surface area contributed by atoms with Gasteiger partial charge in [-0.25, -0.2) is 4.99 Å². The molecule has 0 amide bonds. The summed E-state index contributed by atoms with van der Waals surface area (Å²) in [5, 5.41) is 19.2. The van der Waals surface area contributed by atoms with Crippen LogP contribution in [0.5, 0.6) is 0 Å². The van der Waals surface area contributed by atoms with Crippen LogP contribution in [-0.4, -0.2) is 23.3 Å². The average Bonchev–Trinajstić information content (AvgIpc) is 2.83. The number of thioether (sulfide) groups is 1. The van der Waals surface area contributed by atoms with Gasteiger partial charge in [0.2, 0.25) is 0 Å². The van der Waals surface area contributed by atoms with E-state index in [2.05, 4.69) is 33.1 Å². The first kappa shape index (κ1) is 15.0. The number of ether oxygens (including phenoxy) is 1. The molecule has 2 aliphatic heterocycles. The van der Waals surface area contributed by atoms with Crippen LogP contribution >= 0.6 is 27.7 Å². The molecule has 5 nitrogen and oxygen atoms in total. The van der Waals surface area contributed by atoms with Gasteiger partial charge >= 0.3 is 0 Å². The van der Waals surface area contributed by atoms with E-state index < -0.39 is 21.3 Å². The van der Waals surface area contributed by atoms with Crippen LogP contribution < -0.4 is 10.7 Å². The Kier molecular flexibility index (Phi) is 2.81. The van der Waals surface area contributed by atoms with Crippen molar-refractivity contribution in [3.05, 3.63) is 34.3 Å². The second-order valence-electron chi connectivity index (χ2n) is 6.21. The van der Waals surface area contributed by atoms with Crippen molar-refractivity contribution >= 4 is 33.5 Å². The number of nitrogens with two attached hydrogens (primary N) is 1. The van der Waals surface area contributed by atoms with Gasteiger partial charge in [0, 0.05) is 10.2 Å². The van der Waals surface area contributed by atoms with E-state index in [4.69, 9.17) is 10.5 Å². The van der Waals surface area contributed by atoms with Crippen LogP contribution in [0.15, 0.2) is 28.7 Å². The van der Waals surface area contributed by atoms with Crippen LogP contribution in [-0.2, 0) is 10.2 Å². The minimum Gasteiger partial charge on any atom is -0.327 e. The molecule has 0 radical (unpaired) electrons. The van der Waals surface area contributed by atoms with E-state index >= 15 is 0 Å². The minimum absolute atomic E-state index is 0.335. The van der Waals surface area contributed by atoms with Gasteiger partial charge in [-0.3, -0.25) is 5.73 Å². The highest BCUT2D eigenvalue weighted by Crippen LogP contribution is 2.83. The van der Waals surface area contributed by atoms with E-state index in [0.717, 1.165) is 15.8 Å². The van der Waals surface area contributed by atoms with Gasteiger partial charge in [-0.05, 0) is 17.7 Å². The molecule has 1 spiro atoms. The molecule has 4 atom stereocenters. The van der Waals surface area contributed by atoms with E-state index in [1.807, 2.05) is 31.2 Å². The number of hydrogen-bond donors (Lipinski definition) is 2. The van der Waals surface area contributed by atoms with Crippen molar-refractivity contribution in [1.29, 1.82) is 10.5 Å². The van der Waals surface area contributed by atoms with Crippen LogP contribution in [0.2, 0.25) is 0 Å². The summed E-state index contributed by atoms with van der Waals surface area (Å²) in [7, 11) is 0. The number of fused-ring (bicyclic) bond motifs is 2. The summed E-state index contributed by atoms with van der Waals surface area (Å²) in [5.41, 5.74) is 4.30. The van der Waals surface area contributed by atoms with Crippen molar-refractivity contribution in [2.75, 3.05) is 12.4 Å². The largest absolute Gasteiger partial charge is 0.327 e. The van der Waals surface area contributed by atoms with Crippen molar-refractivity contribution in [3.8, 4) is 12.1 Å². The molecule has 1 saturated heterocycles. The van der Waals surface area contributed by atoms with E-state index in [1.165, 1.54) is 11.8 Å². The molecule has 1 aliphatic carbocycles. The number of nitrogens with one attached hydrogen (secondary N) is 1. The fraction of sp³-hybridized carbons (Fsp3) is 0.438. The Bertz CT molecular complexity index is 820. The Morgan fingerprint density at radius 1 is 1.30 bits per heavy atom. The highest BCUT2D eigenvalue weighted by molar-refractivity contribution is 9.10. The number of hydrogen-bond acceptors (Lipinski definition) is 5. The van der Waals surface area contributed by atoms with Gasteiger partial charge in [-0.1, -0.05) is 46.7 Å². The number of nitriles is 2. The maximum absolute atomic E-state index is 10.1. The van der Waals surface area contributed by atoms with Crippen molar-refractivity contribution in [2.24, 2.45) is 16.6 Å². The van der Waals surface area contributed by atoms with Gasteiger partial charge < -0.3 is 4.74 Å². The standard InChI is InChI=1S/C16H13BrN4OS/c1-13(10-2-4-11(17)5-3-10)14(8-18)12(20)21-16(15(13,14)9-19)22-6-7-23-16/h2-5H,6-7H2,1H3,(H2,20,21)/p+1/t13-,14-,15+,16+/m0/s1. The van der Waals surface area contributed by atoms with Gasteiger partial charge in [-0.15, -0.1) is 0 Å². The van der Waals surface area contributed by atoms with E-state index in [-0.39, 0.29) is 0 Å². The van der Waals surface area contributed by atoms with Crippen molar-refractivity contribution in [1.82, 2.24) is 0 Å². The number of halogens is 1. The zero-order chi connectivity index (χ0) is 16.5. The Labute approximate surface area is 146 Å². The van der Waals surface area contributed by atoms with Gasteiger partial charge in [-0.2, -0.15) is 10.5 Å². The van der Waals surface area contributed by atoms with Gasteiger partial charge in [0.15, 0.2) is 10.8 Å². The second-order valence-corrected chi connectivity index (χ2v) is 8.40. The molecule has 1 saturated carbocycles. The maximum atomic E-state index is 10.1. The van der Waals surface area contributed by atoms with E-state index in [0.29, 0.717) is 12.4 Å². The molecule has 2 heterocycles. The minimum atomic E-state index is -1.10. The fourth-order valence-electron chi connectivity index (χ4n) is 4.57. The first-order chi connectivity index (χ1) is 11.0. The summed E-state index contributed by atoms with van der Waals surface area (Å²) < 4.78 is 6.90. The molecule has 2 fully saturated rings. The predicted octanol–water partition coefficient (Wildman–Crippen LogP) is 0.609. The number of rotatable bonds is 1. The van der Waals surface area contributed by atoms with E-state index in [9.17, 15) is 10.5 Å². The van der Waals surface area contributed by atoms with Crippen molar-refractivity contribution in [3.63, 3.8) is 0 Å². The van der Waals surface area contributed by atoms with Gasteiger partial charge in [0.1, 0.15) is 0 Å². The smallest absolute Gasteiger partial charge is 0.278 e. The zero-order valence-corrected chi connectivity index (χ0v) is 14.8. The summed E-state index contributed by atoms with van der Waals surface area (Å²) in [4.78, 5) is 3.13. The maximum Gasteiger partial charge on any atom is 0.278 e. The van der Waals surface area contributed by atoms with Crippen LogP contribution in [0.1, 0.15) is 12.5 Å². The summed E-state index contributed by atoms with van der Waals surface area (Å²) in [6, 6.07) is 12.5.